The number of halogens is 2. The van der Waals surface area contributed by atoms with Gasteiger partial charge in [-0.1, -0.05) is 19.1 Å². The lowest BCUT2D eigenvalue weighted by atomic mass is 10.2. The summed E-state index contributed by atoms with van der Waals surface area (Å²) in [4.78, 5) is 16.4. The van der Waals surface area contributed by atoms with Crippen molar-refractivity contribution in [3.8, 4) is 16.3 Å². The van der Waals surface area contributed by atoms with Crippen molar-refractivity contribution in [1.82, 2.24) is 10.3 Å². The fourth-order valence-electron chi connectivity index (χ4n) is 2.41. The minimum absolute atomic E-state index is 0.115. The number of amides is 1. The summed E-state index contributed by atoms with van der Waals surface area (Å²) in [6.45, 7) is 2.45. The molecule has 0 saturated heterocycles. The van der Waals surface area contributed by atoms with Crippen molar-refractivity contribution in [2.75, 3.05) is 6.54 Å². The molecule has 0 saturated carbocycles. The van der Waals surface area contributed by atoms with Crippen molar-refractivity contribution >= 4 is 17.2 Å². The van der Waals surface area contributed by atoms with E-state index in [4.69, 9.17) is 4.74 Å². The number of rotatable bonds is 7. The summed E-state index contributed by atoms with van der Waals surface area (Å²) in [6.07, 6.45) is 0.843. The zero-order chi connectivity index (χ0) is 19.2. The number of carbonyl (C=O) groups is 1. The molecule has 3 rings (SSSR count). The predicted molar refractivity (Wildman–Crippen MR) is 101 cm³/mol. The lowest BCUT2D eigenvalue weighted by Crippen LogP contribution is -2.24. The molecular formula is C20H18F2N2O2S. The summed E-state index contributed by atoms with van der Waals surface area (Å²) >= 11 is 1.32. The van der Waals surface area contributed by atoms with Crippen LogP contribution in [-0.2, 0) is 6.61 Å². The molecule has 0 aliphatic heterocycles. The molecule has 1 N–H and O–H groups in total. The van der Waals surface area contributed by atoms with E-state index >= 15 is 0 Å². The Morgan fingerprint density at radius 1 is 1.22 bits per heavy atom. The minimum atomic E-state index is -0.530. The minimum Gasteiger partial charge on any atom is -0.488 e. The first-order valence-electron chi connectivity index (χ1n) is 8.48. The Labute approximate surface area is 159 Å². The first-order valence-corrected chi connectivity index (χ1v) is 9.36. The molecule has 0 aliphatic carbocycles. The van der Waals surface area contributed by atoms with Crippen LogP contribution in [-0.4, -0.2) is 17.4 Å². The van der Waals surface area contributed by atoms with Gasteiger partial charge in [-0.2, -0.15) is 0 Å². The number of thiazole rings is 1. The Hall–Kier alpha value is -2.80. The van der Waals surface area contributed by atoms with Crippen molar-refractivity contribution < 1.29 is 18.3 Å². The molecular weight excluding hydrogens is 370 g/mol. The summed E-state index contributed by atoms with van der Waals surface area (Å²) in [5.41, 5.74) is 1.16. The van der Waals surface area contributed by atoms with Crippen LogP contribution in [0.25, 0.3) is 10.6 Å². The molecule has 0 unspecified atom stereocenters. The lowest BCUT2D eigenvalue weighted by Gasteiger charge is -2.10. The highest BCUT2D eigenvalue weighted by Gasteiger charge is 2.15. The third kappa shape index (κ3) is 4.68. The number of nitrogens with one attached hydrogen (secondary N) is 1. The second kappa shape index (κ2) is 8.73. The normalized spacial score (nSPS) is 10.6. The third-order valence-electron chi connectivity index (χ3n) is 3.78. The lowest BCUT2D eigenvalue weighted by molar-refractivity contribution is 0.0949. The second-order valence-corrected chi connectivity index (χ2v) is 6.67. The van der Waals surface area contributed by atoms with E-state index in [1.165, 1.54) is 11.3 Å². The standard InChI is InChI=1S/C20H18F2N2O2S/c1-2-9-23-19(25)17-12-27-20(24-17)15-5-3-4-6-18(15)26-11-13-10-14(21)7-8-16(13)22/h3-8,10,12H,2,9,11H2,1H3,(H,23,25). The number of nitrogens with zero attached hydrogens (tertiary/aromatic N) is 1. The highest BCUT2D eigenvalue weighted by atomic mass is 32.1. The van der Waals surface area contributed by atoms with Gasteiger partial charge >= 0.3 is 0 Å². The molecule has 0 aliphatic rings. The van der Waals surface area contributed by atoms with Gasteiger partial charge in [0.05, 0.1) is 5.56 Å². The summed E-state index contributed by atoms with van der Waals surface area (Å²) in [6, 6.07) is 10.4. The third-order valence-corrected chi connectivity index (χ3v) is 4.66. The average Bonchev–Trinajstić information content (AvgIpc) is 3.17. The number of ether oxygens (including phenoxy) is 1. The van der Waals surface area contributed by atoms with E-state index in [1.807, 2.05) is 19.1 Å². The van der Waals surface area contributed by atoms with Crippen LogP contribution in [0.4, 0.5) is 8.78 Å². The van der Waals surface area contributed by atoms with E-state index in [1.54, 1.807) is 17.5 Å². The topological polar surface area (TPSA) is 51.2 Å². The first-order chi connectivity index (χ1) is 13.1. The van der Waals surface area contributed by atoms with Crippen molar-refractivity contribution in [2.45, 2.75) is 20.0 Å². The van der Waals surface area contributed by atoms with E-state index in [0.717, 1.165) is 24.6 Å². The summed E-state index contributed by atoms with van der Waals surface area (Å²) < 4.78 is 32.8. The van der Waals surface area contributed by atoms with Crippen molar-refractivity contribution in [3.05, 3.63) is 70.7 Å². The van der Waals surface area contributed by atoms with Gasteiger partial charge in [0.15, 0.2) is 0 Å². The van der Waals surface area contributed by atoms with Gasteiger partial charge in [0.2, 0.25) is 0 Å². The van der Waals surface area contributed by atoms with E-state index in [-0.39, 0.29) is 18.1 Å². The number of benzene rings is 2. The van der Waals surface area contributed by atoms with E-state index in [0.29, 0.717) is 28.6 Å². The van der Waals surface area contributed by atoms with E-state index in [2.05, 4.69) is 10.3 Å². The Bertz CT molecular complexity index is 943. The molecule has 1 aromatic heterocycles. The molecule has 27 heavy (non-hydrogen) atoms. The molecule has 2 aromatic carbocycles. The van der Waals surface area contributed by atoms with Gasteiger partial charge in [-0.3, -0.25) is 4.79 Å². The number of carbonyl (C=O) groups excluding carboxylic acids is 1. The zero-order valence-electron chi connectivity index (χ0n) is 14.7. The van der Waals surface area contributed by atoms with Crippen LogP contribution in [0.15, 0.2) is 47.8 Å². The fraction of sp³-hybridized carbons (Fsp3) is 0.200. The van der Waals surface area contributed by atoms with Gasteiger partial charge < -0.3 is 10.1 Å². The molecule has 0 fully saturated rings. The van der Waals surface area contributed by atoms with Crippen molar-refractivity contribution in [1.29, 1.82) is 0 Å². The molecule has 0 atom stereocenters. The van der Waals surface area contributed by atoms with Crippen molar-refractivity contribution in [3.63, 3.8) is 0 Å². The first kappa shape index (κ1) is 19.0. The van der Waals surface area contributed by atoms with Crippen LogP contribution in [0, 0.1) is 11.6 Å². The quantitative estimate of drug-likeness (QED) is 0.632. The molecule has 0 radical (unpaired) electrons. The van der Waals surface area contributed by atoms with E-state index < -0.39 is 11.6 Å². The highest BCUT2D eigenvalue weighted by molar-refractivity contribution is 7.13. The molecule has 140 valence electrons. The van der Waals surface area contributed by atoms with Gasteiger partial charge in [0, 0.05) is 17.5 Å². The summed E-state index contributed by atoms with van der Waals surface area (Å²) in [5.74, 6) is -0.792. The molecule has 3 aromatic rings. The largest absolute Gasteiger partial charge is 0.488 e. The molecule has 4 nitrogen and oxygen atoms in total. The van der Waals surface area contributed by atoms with Gasteiger partial charge in [0.25, 0.3) is 5.91 Å². The molecule has 0 bridgehead atoms. The summed E-state index contributed by atoms with van der Waals surface area (Å²) in [7, 11) is 0. The molecule has 0 spiro atoms. The number of hydrogen-bond acceptors (Lipinski definition) is 4. The van der Waals surface area contributed by atoms with Crippen LogP contribution >= 0.6 is 11.3 Å². The van der Waals surface area contributed by atoms with Crippen LogP contribution < -0.4 is 10.1 Å². The van der Waals surface area contributed by atoms with Crippen LogP contribution in [0.1, 0.15) is 29.4 Å². The van der Waals surface area contributed by atoms with Gasteiger partial charge in [-0.15, -0.1) is 11.3 Å². The zero-order valence-corrected chi connectivity index (χ0v) is 15.5. The maximum Gasteiger partial charge on any atom is 0.270 e. The van der Waals surface area contributed by atoms with Crippen molar-refractivity contribution in [2.24, 2.45) is 0 Å². The SMILES string of the molecule is CCCNC(=O)c1csc(-c2ccccc2OCc2cc(F)ccc2F)n1. The average molecular weight is 388 g/mol. The molecule has 7 heteroatoms. The van der Waals surface area contributed by atoms with Gasteiger partial charge in [0.1, 0.15) is 34.7 Å². The maximum absolute atomic E-state index is 13.8. The number of aromatic nitrogens is 1. The Morgan fingerprint density at radius 3 is 2.85 bits per heavy atom. The van der Waals surface area contributed by atoms with Gasteiger partial charge in [-0.05, 0) is 36.8 Å². The number of para-hydroxylation sites is 1. The fourth-order valence-corrected chi connectivity index (χ4v) is 3.24. The second-order valence-electron chi connectivity index (χ2n) is 5.81. The predicted octanol–water partition coefficient (Wildman–Crippen LogP) is 4.81. The van der Waals surface area contributed by atoms with E-state index in [9.17, 15) is 13.6 Å². The van der Waals surface area contributed by atoms with Crippen LogP contribution in [0.5, 0.6) is 5.75 Å². The van der Waals surface area contributed by atoms with Crippen LogP contribution in [0.2, 0.25) is 0 Å². The monoisotopic (exact) mass is 388 g/mol. The summed E-state index contributed by atoms with van der Waals surface area (Å²) in [5, 5.41) is 5.08. The maximum atomic E-state index is 13.8. The van der Waals surface area contributed by atoms with Crippen LogP contribution in [0.3, 0.4) is 0 Å². The molecule has 1 heterocycles. The Kier molecular flexibility index (Phi) is 6.13. The molecule has 1 amide bonds. The Morgan fingerprint density at radius 2 is 2.04 bits per heavy atom. The number of hydrogen-bond donors (Lipinski definition) is 1. The Balaban J connectivity index is 1.79. The smallest absolute Gasteiger partial charge is 0.270 e. The highest BCUT2D eigenvalue weighted by Crippen LogP contribution is 2.32. The van der Waals surface area contributed by atoms with Gasteiger partial charge in [-0.25, -0.2) is 13.8 Å².